The molecular formula is C6H15N3Si. The summed E-state index contributed by atoms with van der Waals surface area (Å²) in [5.41, 5.74) is 0. The molecule has 2 N–H and O–H groups in total. The van der Waals surface area contributed by atoms with Crippen LogP contribution in [-0.2, 0) is 0 Å². The summed E-state index contributed by atoms with van der Waals surface area (Å²) in [5, 5.41) is 6.36. The smallest absolute Gasteiger partial charge is 0.174 e. The second kappa shape index (κ2) is 2.71. The second-order valence-corrected chi connectivity index (χ2v) is 8.07. The number of nitrogens with one attached hydrogen (secondary N) is 2. The van der Waals surface area contributed by atoms with Gasteiger partial charge in [-0.2, -0.15) is 0 Å². The van der Waals surface area contributed by atoms with Gasteiger partial charge in [-0.25, -0.2) is 0 Å². The van der Waals surface area contributed by atoms with Gasteiger partial charge in [-0.3, -0.25) is 5.32 Å². The van der Waals surface area contributed by atoms with Gasteiger partial charge in [-0.15, -0.1) is 0 Å². The molecule has 1 rings (SSSR count). The molecule has 1 aliphatic rings. The predicted molar refractivity (Wildman–Crippen MR) is 46.8 cm³/mol. The van der Waals surface area contributed by atoms with Crippen molar-refractivity contribution in [3.05, 3.63) is 0 Å². The van der Waals surface area contributed by atoms with Crippen molar-refractivity contribution in [3.8, 4) is 0 Å². The SMILES string of the molecule is C[Si](C)(C)/N=C1/CNCN1. The average Bonchev–Trinajstić information content (AvgIpc) is 2.12. The fourth-order valence-corrected chi connectivity index (χ4v) is 1.86. The summed E-state index contributed by atoms with van der Waals surface area (Å²) in [5.74, 6) is 1.14. The first kappa shape index (κ1) is 7.75. The third-order valence-corrected chi connectivity index (χ3v) is 2.12. The molecule has 0 unspecified atom stereocenters. The molecule has 0 spiro atoms. The van der Waals surface area contributed by atoms with Crippen molar-refractivity contribution in [2.24, 2.45) is 4.66 Å². The Morgan fingerprint density at radius 3 is 2.50 bits per heavy atom. The topological polar surface area (TPSA) is 36.4 Å². The second-order valence-electron chi connectivity index (χ2n) is 3.51. The molecular weight excluding hydrogens is 142 g/mol. The maximum Gasteiger partial charge on any atom is 0.174 e. The molecule has 0 saturated carbocycles. The van der Waals surface area contributed by atoms with Crippen LogP contribution >= 0.6 is 0 Å². The van der Waals surface area contributed by atoms with Crippen LogP contribution in [0, 0.1) is 0 Å². The summed E-state index contributed by atoms with van der Waals surface area (Å²) in [4.78, 5) is 0. The molecule has 1 saturated heterocycles. The standard InChI is InChI=1S/C6H15N3Si/c1-10(2,3)9-6-4-7-5-8-6/h7H,4-5H2,1-3H3,(H,8,9). The lowest BCUT2D eigenvalue weighted by Gasteiger charge is -2.09. The first-order valence-electron chi connectivity index (χ1n) is 3.61. The average molecular weight is 157 g/mol. The lowest BCUT2D eigenvalue weighted by Crippen LogP contribution is -2.25. The Labute approximate surface area is 63.0 Å². The third-order valence-electron chi connectivity index (χ3n) is 1.18. The molecule has 0 atom stereocenters. The summed E-state index contributed by atoms with van der Waals surface area (Å²) < 4.78 is 4.59. The highest BCUT2D eigenvalue weighted by atomic mass is 28.3. The Balaban J connectivity index is 2.53. The van der Waals surface area contributed by atoms with Crippen LogP contribution in [0.2, 0.25) is 19.6 Å². The molecule has 58 valence electrons. The van der Waals surface area contributed by atoms with Gasteiger partial charge in [0.05, 0.1) is 13.2 Å². The van der Waals surface area contributed by atoms with Gasteiger partial charge in [-0.05, 0) is 19.6 Å². The van der Waals surface area contributed by atoms with Gasteiger partial charge >= 0.3 is 0 Å². The summed E-state index contributed by atoms with van der Waals surface area (Å²) in [6.45, 7) is 8.51. The maximum atomic E-state index is 4.59. The Morgan fingerprint density at radius 2 is 2.10 bits per heavy atom. The van der Waals surface area contributed by atoms with Crippen LogP contribution < -0.4 is 10.6 Å². The van der Waals surface area contributed by atoms with E-state index in [4.69, 9.17) is 0 Å². The Kier molecular flexibility index (Phi) is 2.10. The number of amidine groups is 1. The van der Waals surface area contributed by atoms with Crippen molar-refractivity contribution in [1.82, 2.24) is 10.6 Å². The minimum Gasteiger partial charge on any atom is -0.361 e. The molecule has 0 radical (unpaired) electrons. The summed E-state index contributed by atoms with van der Waals surface area (Å²) in [6, 6.07) is 0. The van der Waals surface area contributed by atoms with E-state index in [1.165, 1.54) is 0 Å². The lowest BCUT2D eigenvalue weighted by molar-refractivity contribution is 0.818. The summed E-state index contributed by atoms with van der Waals surface area (Å²) >= 11 is 0. The Morgan fingerprint density at radius 1 is 1.40 bits per heavy atom. The van der Waals surface area contributed by atoms with Crippen molar-refractivity contribution in [2.75, 3.05) is 13.2 Å². The van der Waals surface area contributed by atoms with Gasteiger partial charge < -0.3 is 9.97 Å². The van der Waals surface area contributed by atoms with Crippen LogP contribution in [0.25, 0.3) is 0 Å². The van der Waals surface area contributed by atoms with E-state index in [0.717, 1.165) is 19.0 Å². The fourth-order valence-electron chi connectivity index (χ4n) is 0.892. The minimum atomic E-state index is -1.24. The van der Waals surface area contributed by atoms with Gasteiger partial charge in [0, 0.05) is 0 Å². The van der Waals surface area contributed by atoms with Crippen LogP contribution in [0.4, 0.5) is 0 Å². The molecule has 4 heteroatoms. The number of hydrogen-bond donors (Lipinski definition) is 2. The largest absolute Gasteiger partial charge is 0.361 e. The molecule has 0 aromatic rings. The monoisotopic (exact) mass is 157 g/mol. The molecule has 0 aliphatic carbocycles. The molecule has 0 amide bonds. The van der Waals surface area contributed by atoms with Crippen LogP contribution in [0.5, 0.6) is 0 Å². The van der Waals surface area contributed by atoms with Crippen molar-refractivity contribution in [3.63, 3.8) is 0 Å². The van der Waals surface area contributed by atoms with Crippen LogP contribution in [-0.4, -0.2) is 27.3 Å². The van der Waals surface area contributed by atoms with Gasteiger partial charge in [0.2, 0.25) is 0 Å². The van der Waals surface area contributed by atoms with E-state index < -0.39 is 8.24 Å². The van der Waals surface area contributed by atoms with E-state index in [9.17, 15) is 0 Å². The van der Waals surface area contributed by atoms with Crippen LogP contribution in [0.15, 0.2) is 4.66 Å². The zero-order valence-corrected chi connectivity index (χ0v) is 7.86. The highest BCUT2D eigenvalue weighted by Crippen LogP contribution is 2.01. The normalized spacial score (nSPS) is 23.3. The molecule has 0 bridgehead atoms. The van der Waals surface area contributed by atoms with Crippen molar-refractivity contribution in [2.45, 2.75) is 19.6 Å². The van der Waals surface area contributed by atoms with E-state index in [-0.39, 0.29) is 0 Å². The predicted octanol–water partition coefficient (Wildman–Crippen LogP) is 0.370. The van der Waals surface area contributed by atoms with E-state index in [1.807, 2.05) is 0 Å². The summed E-state index contributed by atoms with van der Waals surface area (Å²) in [7, 11) is -1.24. The Hall–Kier alpha value is -0.353. The first-order valence-corrected chi connectivity index (χ1v) is 7.06. The van der Waals surface area contributed by atoms with Gasteiger partial charge in [0.25, 0.3) is 0 Å². The highest BCUT2D eigenvalue weighted by Gasteiger charge is 2.14. The molecule has 1 heterocycles. The van der Waals surface area contributed by atoms with Crippen LogP contribution in [0.1, 0.15) is 0 Å². The quantitative estimate of drug-likeness (QED) is 0.540. The van der Waals surface area contributed by atoms with Crippen molar-refractivity contribution < 1.29 is 0 Å². The zero-order valence-electron chi connectivity index (χ0n) is 6.86. The van der Waals surface area contributed by atoms with Crippen LogP contribution in [0.3, 0.4) is 0 Å². The number of nitrogens with zero attached hydrogens (tertiary/aromatic N) is 1. The highest BCUT2D eigenvalue weighted by molar-refractivity contribution is 6.75. The van der Waals surface area contributed by atoms with E-state index in [1.54, 1.807) is 0 Å². The molecule has 0 aromatic carbocycles. The number of rotatable bonds is 1. The van der Waals surface area contributed by atoms with E-state index in [2.05, 4.69) is 34.9 Å². The molecule has 0 aromatic heterocycles. The van der Waals surface area contributed by atoms with E-state index >= 15 is 0 Å². The Bertz CT molecular complexity index is 140. The van der Waals surface area contributed by atoms with Gasteiger partial charge in [-0.1, -0.05) is 0 Å². The van der Waals surface area contributed by atoms with Crippen molar-refractivity contribution in [1.29, 1.82) is 0 Å². The third kappa shape index (κ3) is 2.49. The van der Waals surface area contributed by atoms with Gasteiger partial charge in [0.1, 0.15) is 5.84 Å². The molecule has 3 nitrogen and oxygen atoms in total. The maximum absolute atomic E-state index is 4.59. The molecule has 1 aliphatic heterocycles. The molecule has 1 fully saturated rings. The van der Waals surface area contributed by atoms with E-state index in [0.29, 0.717) is 0 Å². The number of hydrogen-bond acceptors (Lipinski definition) is 2. The van der Waals surface area contributed by atoms with Gasteiger partial charge in [0.15, 0.2) is 8.24 Å². The van der Waals surface area contributed by atoms with Crippen molar-refractivity contribution >= 4 is 14.1 Å². The fraction of sp³-hybridized carbons (Fsp3) is 0.833. The molecule has 10 heavy (non-hydrogen) atoms. The minimum absolute atomic E-state index is 0.878. The zero-order chi connectivity index (χ0) is 7.61. The first-order chi connectivity index (χ1) is 4.58. The summed E-state index contributed by atoms with van der Waals surface area (Å²) in [6.07, 6.45) is 0. The lowest BCUT2D eigenvalue weighted by atomic mass is 10.6.